The molecule has 0 radical (unpaired) electrons. The largest absolute Gasteiger partial charge is 0.483 e. The van der Waals surface area contributed by atoms with Gasteiger partial charge in [-0.1, -0.05) is 29.8 Å². The normalized spacial score (nSPS) is 15.0. The summed E-state index contributed by atoms with van der Waals surface area (Å²) in [5.74, 6) is -0.169. The number of benzene rings is 2. The van der Waals surface area contributed by atoms with E-state index in [4.69, 9.17) is 21.7 Å². The summed E-state index contributed by atoms with van der Waals surface area (Å²) in [7, 11) is 0. The molecule has 0 aliphatic carbocycles. The number of halogens is 1. The van der Waals surface area contributed by atoms with Crippen molar-refractivity contribution in [3.8, 4) is 5.75 Å². The number of para-hydroxylation sites is 1. The van der Waals surface area contributed by atoms with E-state index in [1.165, 1.54) is 0 Å². The average molecular weight is 388 g/mol. The van der Waals surface area contributed by atoms with E-state index in [0.717, 1.165) is 11.8 Å². The lowest BCUT2D eigenvalue weighted by molar-refractivity contribution is -0.118. The van der Waals surface area contributed by atoms with Gasteiger partial charge >= 0.3 is 0 Å². The number of carbonyl (C=O) groups is 2. The second-order valence-corrected chi connectivity index (χ2v) is 6.76. The molecular weight excluding hydrogens is 374 g/mol. The molecule has 0 atom stereocenters. The Kier molecular flexibility index (Phi) is 5.60. The van der Waals surface area contributed by atoms with Gasteiger partial charge in [0, 0.05) is 16.3 Å². The number of hydrogen-bond acceptors (Lipinski definition) is 5. The number of ether oxygens (including phenoxy) is 1. The van der Waals surface area contributed by atoms with Crippen molar-refractivity contribution in [1.82, 2.24) is 5.32 Å². The molecule has 1 aliphatic rings. The summed E-state index contributed by atoms with van der Waals surface area (Å²) in [5, 5.41) is 13.3. The maximum Gasteiger partial charge on any atom is 0.264 e. The van der Waals surface area contributed by atoms with Crippen LogP contribution >= 0.6 is 23.4 Å². The molecule has 8 heteroatoms. The van der Waals surface area contributed by atoms with Gasteiger partial charge in [0.2, 0.25) is 0 Å². The van der Waals surface area contributed by atoms with Gasteiger partial charge in [-0.2, -0.15) is 0 Å². The summed E-state index contributed by atoms with van der Waals surface area (Å²) in [6.07, 6.45) is 1.63. The zero-order valence-electron chi connectivity index (χ0n) is 13.4. The van der Waals surface area contributed by atoms with Crippen molar-refractivity contribution in [2.75, 3.05) is 11.9 Å². The molecule has 0 saturated carbocycles. The Morgan fingerprint density at radius 2 is 1.96 bits per heavy atom. The smallest absolute Gasteiger partial charge is 0.264 e. The average Bonchev–Trinajstić information content (AvgIpc) is 2.93. The Bertz CT molecular complexity index is 897. The Morgan fingerprint density at radius 3 is 2.65 bits per heavy atom. The minimum Gasteiger partial charge on any atom is -0.483 e. The van der Waals surface area contributed by atoms with E-state index < -0.39 is 0 Å². The van der Waals surface area contributed by atoms with Crippen LogP contribution in [-0.4, -0.2) is 23.6 Å². The third-order valence-electron chi connectivity index (χ3n) is 3.36. The fourth-order valence-electron chi connectivity index (χ4n) is 2.19. The lowest BCUT2D eigenvalue weighted by Crippen LogP contribution is -2.20. The van der Waals surface area contributed by atoms with Gasteiger partial charge in [-0.3, -0.25) is 15.0 Å². The molecule has 1 aliphatic heterocycles. The minimum atomic E-state index is -0.324. The molecule has 0 spiro atoms. The van der Waals surface area contributed by atoms with Gasteiger partial charge in [-0.15, -0.1) is 0 Å². The molecule has 26 heavy (non-hydrogen) atoms. The summed E-state index contributed by atoms with van der Waals surface area (Å²) in [6.45, 7) is -0.183. The highest BCUT2D eigenvalue weighted by atomic mass is 35.5. The van der Waals surface area contributed by atoms with Crippen LogP contribution in [0.4, 0.5) is 5.69 Å². The van der Waals surface area contributed by atoms with Crippen molar-refractivity contribution in [3.63, 3.8) is 0 Å². The third kappa shape index (κ3) is 4.65. The molecule has 1 fully saturated rings. The van der Waals surface area contributed by atoms with Gasteiger partial charge in [0.05, 0.1) is 4.91 Å². The molecule has 2 amide bonds. The van der Waals surface area contributed by atoms with Crippen molar-refractivity contribution in [3.05, 3.63) is 64.0 Å². The van der Waals surface area contributed by atoms with Crippen LogP contribution in [-0.2, 0) is 9.59 Å². The summed E-state index contributed by atoms with van der Waals surface area (Å²) < 4.78 is 5.59. The molecule has 0 bridgehead atoms. The van der Waals surface area contributed by atoms with Crippen molar-refractivity contribution in [1.29, 1.82) is 5.41 Å². The molecule has 2 aromatic carbocycles. The van der Waals surface area contributed by atoms with Crippen LogP contribution < -0.4 is 15.4 Å². The molecular formula is C18H14ClN3O3S. The van der Waals surface area contributed by atoms with Crippen molar-refractivity contribution < 1.29 is 14.3 Å². The SMILES string of the molecule is N=C1NC(=O)/C(=C/c2ccccc2OCC(=O)Nc2ccc(Cl)cc2)S1. The monoisotopic (exact) mass is 387 g/mol. The van der Waals surface area contributed by atoms with Crippen LogP contribution in [0.2, 0.25) is 5.02 Å². The first kappa shape index (κ1) is 18.0. The Hall–Kier alpha value is -2.77. The Balaban J connectivity index is 1.66. The molecule has 132 valence electrons. The first-order valence-corrected chi connectivity index (χ1v) is 8.77. The number of rotatable bonds is 5. The Labute approximate surface area is 159 Å². The zero-order valence-corrected chi connectivity index (χ0v) is 15.0. The fourth-order valence-corrected chi connectivity index (χ4v) is 3.01. The summed E-state index contributed by atoms with van der Waals surface area (Å²) >= 11 is 6.85. The topological polar surface area (TPSA) is 91.3 Å². The van der Waals surface area contributed by atoms with Gasteiger partial charge in [-0.25, -0.2) is 0 Å². The van der Waals surface area contributed by atoms with Gasteiger partial charge in [0.1, 0.15) is 5.75 Å². The van der Waals surface area contributed by atoms with Crippen LogP contribution in [0.15, 0.2) is 53.4 Å². The van der Waals surface area contributed by atoms with Crippen LogP contribution in [0.25, 0.3) is 6.08 Å². The van der Waals surface area contributed by atoms with Crippen LogP contribution in [0.1, 0.15) is 5.56 Å². The Morgan fingerprint density at radius 1 is 1.23 bits per heavy atom. The standard InChI is InChI=1S/C18H14ClN3O3S/c19-12-5-7-13(8-6-12)21-16(23)10-25-14-4-2-1-3-11(14)9-15-17(24)22-18(20)26-15/h1-9H,10H2,(H,21,23)(H2,20,22,24)/b15-9-. The van der Waals surface area contributed by atoms with Crippen molar-refractivity contribution in [2.24, 2.45) is 0 Å². The predicted octanol–water partition coefficient (Wildman–Crippen LogP) is 3.50. The number of amides is 2. The maximum absolute atomic E-state index is 12.0. The molecule has 1 saturated heterocycles. The van der Waals surface area contributed by atoms with E-state index in [1.54, 1.807) is 54.6 Å². The predicted molar refractivity (Wildman–Crippen MR) is 103 cm³/mol. The number of anilines is 1. The van der Waals surface area contributed by atoms with E-state index in [1.807, 2.05) is 0 Å². The number of hydrogen-bond donors (Lipinski definition) is 3. The van der Waals surface area contributed by atoms with Gasteiger partial charge in [0.15, 0.2) is 11.8 Å². The lowest BCUT2D eigenvalue weighted by atomic mass is 10.2. The van der Waals surface area contributed by atoms with E-state index in [9.17, 15) is 9.59 Å². The van der Waals surface area contributed by atoms with Crippen molar-refractivity contribution >= 4 is 52.1 Å². The van der Waals surface area contributed by atoms with Crippen LogP contribution in [0, 0.1) is 5.41 Å². The van der Waals surface area contributed by atoms with Gasteiger partial charge in [0.25, 0.3) is 11.8 Å². The van der Waals surface area contributed by atoms with Crippen LogP contribution in [0.5, 0.6) is 5.75 Å². The zero-order chi connectivity index (χ0) is 18.5. The molecule has 2 aromatic rings. The highest BCUT2D eigenvalue weighted by molar-refractivity contribution is 8.18. The highest BCUT2D eigenvalue weighted by Crippen LogP contribution is 2.28. The van der Waals surface area contributed by atoms with E-state index in [-0.39, 0.29) is 23.6 Å². The third-order valence-corrected chi connectivity index (χ3v) is 4.44. The van der Waals surface area contributed by atoms with E-state index >= 15 is 0 Å². The number of thioether (sulfide) groups is 1. The fraction of sp³-hybridized carbons (Fsp3) is 0.0556. The highest BCUT2D eigenvalue weighted by Gasteiger charge is 2.22. The summed E-state index contributed by atoms with van der Waals surface area (Å²) in [5.41, 5.74) is 1.27. The molecule has 3 rings (SSSR count). The second-order valence-electron chi connectivity index (χ2n) is 5.28. The molecule has 6 nitrogen and oxygen atoms in total. The minimum absolute atomic E-state index is 0.0852. The molecule has 0 unspecified atom stereocenters. The first-order chi connectivity index (χ1) is 12.5. The first-order valence-electron chi connectivity index (χ1n) is 7.58. The van der Waals surface area contributed by atoms with Crippen molar-refractivity contribution in [2.45, 2.75) is 0 Å². The van der Waals surface area contributed by atoms with Gasteiger partial charge in [-0.05, 0) is 48.2 Å². The van der Waals surface area contributed by atoms with Crippen LogP contribution in [0.3, 0.4) is 0 Å². The number of carbonyl (C=O) groups excluding carboxylic acids is 2. The maximum atomic E-state index is 12.0. The molecule has 1 heterocycles. The molecule has 3 N–H and O–H groups in total. The molecule has 0 aromatic heterocycles. The summed E-state index contributed by atoms with van der Waals surface area (Å²) in [4.78, 5) is 24.2. The quantitative estimate of drug-likeness (QED) is 0.685. The van der Waals surface area contributed by atoms with E-state index in [2.05, 4.69) is 10.6 Å². The van der Waals surface area contributed by atoms with E-state index in [0.29, 0.717) is 26.9 Å². The van der Waals surface area contributed by atoms with Gasteiger partial charge < -0.3 is 15.4 Å². The number of nitrogens with one attached hydrogen (secondary N) is 3. The lowest BCUT2D eigenvalue weighted by Gasteiger charge is -2.10. The second kappa shape index (κ2) is 8.07. The number of amidine groups is 1. The summed E-state index contributed by atoms with van der Waals surface area (Å²) in [6, 6.07) is 13.8.